The van der Waals surface area contributed by atoms with Gasteiger partial charge in [-0.15, -0.1) is 0 Å². The molecule has 3 saturated heterocycles. The molecule has 0 aromatic carbocycles. The number of amides is 1. The van der Waals surface area contributed by atoms with Gasteiger partial charge in [0.15, 0.2) is 0 Å². The lowest BCUT2D eigenvalue weighted by atomic mass is 9.83. The van der Waals surface area contributed by atoms with Crippen molar-refractivity contribution in [2.75, 3.05) is 26.2 Å². The Morgan fingerprint density at radius 1 is 1.17 bits per heavy atom. The van der Waals surface area contributed by atoms with E-state index in [1.165, 1.54) is 45.2 Å². The average Bonchev–Trinajstić information content (AvgIpc) is 2.89. The van der Waals surface area contributed by atoms with E-state index in [1.807, 2.05) is 12.3 Å². The molecule has 24 heavy (non-hydrogen) atoms. The van der Waals surface area contributed by atoms with Crippen LogP contribution in [0.15, 0.2) is 24.5 Å². The van der Waals surface area contributed by atoms with E-state index in [0.717, 1.165) is 31.0 Å². The number of hydrogen-bond donors (Lipinski definition) is 0. The summed E-state index contributed by atoms with van der Waals surface area (Å²) >= 11 is 0. The zero-order valence-corrected chi connectivity index (χ0v) is 14.6. The number of rotatable bonds is 5. The predicted octanol–water partition coefficient (Wildman–Crippen LogP) is 2.74. The van der Waals surface area contributed by atoms with E-state index in [0.29, 0.717) is 24.3 Å². The molecule has 130 valence electrons. The zero-order valence-electron chi connectivity index (χ0n) is 14.6. The van der Waals surface area contributed by atoms with E-state index in [1.54, 1.807) is 6.20 Å². The summed E-state index contributed by atoms with van der Waals surface area (Å²) in [5.41, 5.74) is 1.16. The second-order valence-electron chi connectivity index (χ2n) is 8.01. The summed E-state index contributed by atoms with van der Waals surface area (Å²) < 4.78 is 0. The fourth-order valence-electron chi connectivity index (χ4n) is 4.57. The molecular formula is C20H29N3O. The van der Waals surface area contributed by atoms with Gasteiger partial charge in [-0.05, 0) is 55.6 Å². The average molecular weight is 327 g/mol. The van der Waals surface area contributed by atoms with Gasteiger partial charge < -0.3 is 4.90 Å². The standard InChI is InChI=1S/C20H29N3O/c24-20(9-7-16-5-2-10-21-11-16)23-14-18-6-8-19(15-23)22(13-18)12-17-3-1-4-17/h2,5,10-11,17-19H,1,3-4,6-9,12-15H2/t18-,19-/m1/s1. The minimum atomic E-state index is 0.334. The smallest absolute Gasteiger partial charge is 0.222 e. The normalized spacial score (nSPS) is 27.8. The first-order valence-electron chi connectivity index (χ1n) is 9.68. The largest absolute Gasteiger partial charge is 0.341 e. The second-order valence-corrected chi connectivity index (χ2v) is 8.01. The van der Waals surface area contributed by atoms with Crippen LogP contribution in [-0.2, 0) is 11.2 Å². The van der Waals surface area contributed by atoms with Crippen molar-refractivity contribution >= 4 is 5.91 Å². The monoisotopic (exact) mass is 327 g/mol. The van der Waals surface area contributed by atoms with E-state index in [9.17, 15) is 4.79 Å². The Kier molecular flexibility index (Phi) is 4.83. The van der Waals surface area contributed by atoms with Crippen molar-refractivity contribution in [2.24, 2.45) is 11.8 Å². The maximum absolute atomic E-state index is 12.7. The molecule has 4 fully saturated rings. The molecular weight excluding hydrogens is 298 g/mol. The van der Waals surface area contributed by atoms with Gasteiger partial charge in [-0.3, -0.25) is 14.7 Å². The Morgan fingerprint density at radius 3 is 2.83 bits per heavy atom. The number of aromatic nitrogens is 1. The molecule has 5 rings (SSSR count). The number of piperidine rings is 1. The van der Waals surface area contributed by atoms with Crippen LogP contribution in [0.4, 0.5) is 0 Å². The Balaban J connectivity index is 1.33. The number of aryl methyl sites for hydroxylation is 1. The van der Waals surface area contributed by atoms with E-state index in [4.69, 9.17) is 0 Å². The van der Waals surface area contributed by atoms with Gasteiger partial charge in [-0.1, -0.05) is 12.5 Å². The number of nitrogens with zero attached hydrogens (tertiary/aromatic N) is 3. The molecule has 4 heteroatoms. The first kappa shape index (κ1) is 16.1. The molecule has 0 unspecified atom stereocenters. The maximum atomic E-state index is 12.7. The number of pyridine rings is 1. The molecule has 0 spiro atoms. The molecule has 1 aliphatic carbocycles. The van der Waals surface area contributed by atoms with Gasteiger partial charge in [-0.2, -0.15) is 0 Å². The lowest BCUT2D eigenvalue weighted by molar-refractivity contribution is -0.131. The van der Waals surface area contributed by atoms with Gasteiger partial charge in [-0.25, -0.2) is 0 Å². The van der Waals surface area contributed by atoms with E-state index < -0.39 is 0 Å². The highest BCUT2D eigenvalue weighted by Crippen LogP contribution is 2.33. The Morgan fingerprint density at radius 2 is 2.08 bits per heavy atom. The van der Waals surface area contributed by atoms with Crippen LogP contribution in [0.25, 0.3) is 0 Å². The molecule has 0 N–H and O–H groups in total. The molecule has 0 radical (unpaired) electrons. The molecule has 1 aromatic heterocycles. The molecule has 1 saturated carbocycles. The fraction of sp³-hybridized carbons (Fsp3) is 0.700. The highest BCUT2D eigenvalue weighted by molar-refractivity contribution is 5.76. The zero-order chi connectivity index (χ0) is 16.4. The number of carbonyl (C=O) groups excluding carboxylic acids is 1. The Labute approximate surface area is 145 Å². The number of hydrogen-bond acceptors (Lipinski definition) is 3. The third-order valence-corrected chi connectivity index (χ3v) is 6.25. The number of fused-ring (bicyclic) bond motifs is 4. The Hall–Kier alpha value is -1.42. The quantitative estimate of drug-likeness (QED) is 0.834. The van der Waals surface area contributed by atoms with Crippen molar-refractivity contribution in [3.63, 3.8) is 0 Å². The molecule has 4 aliphatic rings. The molecule has 3 aliphatic heterocycles. The van der Waals surface area contributed by atoms with Crippen molar-refractivity contribution in [1.29, 1.82) is 0 Å². The fourth-order valence-corrected chi connectivity index (χ4v) is 4.57. The lowest BCUT2D eigenvalue weighted by Crippen LogP contribution is -2.47. The van der Waals surface area contributed by atoms with Crippen molar-refractivity contribution in [1.82, 2.24) is 14.8 Å². The van der Waals surface area contributed by atoms with E-state index in [2.05, 4.69) is 20.9 Å². The summed E-state index contributed by atoms with van der Waals surface area (Å²) in [6.45, 7) is 4.42. The van der Waals surface area contributed by atoms with E-state index in [-0.39, 0.29) is 0 Å². The topological polar surface area (TPSA) is 36.4 Å². The van der Waals surface area contributed by atoms with Crippen LogP contribution in [0.5, 0.6) is 0 Å². The third kappa shape index (κ3) is 3.64. The minimum absolute atomic E-state index is 0.334. The highest BCUT2D eigenvalue weighted by atomic mass is 16.2. The van der Waals surface area contributed by atoms with Gasteiger partial charge in [0.25, 0.3) is 0 Å². The molecule has 1 aromatic rings. The van der Waals surface area contributed by atoms with Gasteiger partial charge >= 0.3 is 0 Å². The van der Waals surface area contributed by atoms with Crippen LogP contribution >= 0.6 is 0 Å². The highest BCUT2D eigenvalue weighted by Gasteiger charge is 2.37. The van der Waals surface area contributed by atoms with Crippen molar-refractivity contribution in [3.05, 3.63) is 30.1 Å². The molecule has 4 heterocycles. The van der Waals surface area contributed by atoms with Gasteiger partial charge in [0, 0.05) is 51.0 Å². The molecule has 2 bridgehead atoms. The second kappa shape index (κ2) is 7.22. The van der Waals surface area contributed by atoms with Gasteiger partial charge in [0.1, 0.15) is 0 Å². The van der Waals surface area contributed by atoms with Crippen LogP contribution < -0.4 is 0 Å². The summed E-state index contributed by atoms with van der Waals surface area (Å²) in [7, 11) is 0. The number of carbonyl (C=O) groups is 1. The van der Waals surface area contributed by atoms with Crippen LogP contribution in [0, 0.1) is 11.8 Å². The van der Waals surface area contributed by atoms with Crippen LogP contribution in [-0.4, -0.2) is 52.9 Å². The van der Waals surface area contributed by atoms with Crippen LogP contribution in [0.1, 0.15) is 44.1 Å². The first-order valence-corrected chi connectivity index (χ1v) is 9.68. The lowest BCUT2D eigenvalue weighted by Gasteiger charge is -2.40. The van der Waals surface area contributed by atoms with Crippen molar-refractivity contribution < 1.29 is 4.79 Å². The summed E-state index contributed by atoms with van der Waals surface area (Å²) in [5.74, 6) is 1.95. The van der Waals surface area contributed by atoms with Crippen LogP contribution in [0.2, 0.25) is 0 Å². The van der Waals surface area contributed by atoms with E-state index >= 15 is 0 Å². The summed E-state index contributed by atoms with van der Waals surface area (Å²) in [5, 5.41) is 0. The minimum Gasteiger partial charge on any atom is -0.341 e. The molecule has 2 atom stereocenters. The summed E-state index contributed by atoms with van der Waals surface area (Å²) in [6.07, 6.45) is 11.9. The summed E-state index contributed by atoms with van der Waals surface area (Å²) in [4.78, 5) is 21.8. The Bertz CT molecular complexity index is 557. The first-order chi connectivity index (χ1) is 11.8. The third-order valence-electron chi connectivity index (χ3n) is 6.25. The SMILES string of the molecule is O=C(CCc1cccnc1)N1C[C@@H]2CC[C@H](C1)N(CC1CCC1)C2. The summed E-state index contributed by atoms with van der Waals surface area (Å²) in [6, 6.07) is 4.61. The van der Waals surface area contributed by atoms with Crippen molar-refractivity contribution in [2.45, 2.75) is 51.0 Å². The molecule has 4 nitrogen and oxygen atoms in total. The van der Waals surface area contributed by atoms with Gasteiger partial charge in [0.05, 0.1) is 0 Å². The van der Waals surface area contributed by atoms with Crippen LogP contribution in [0.3, 0.4) is 0 Å². The molecule has 1 amide bonds. The van der Waals surface area contributed by atoms with Crippen molar-refractivity contribution in [3.8, 4) is 0 Å². The predicted molar refractivity (Wildman–Crippen MR) is 94.6 cm³/mol. The van der Waals surface area contributed by atoms with Gasteiger partial charge in [0.2, 0.25) is 5.91 Å². The maximum Gasteiger partial charge on any atom is 0.222 e.